The Morgan fingerprint density at radius 3 is 2.56 bits per heavy atom. The van der Waals surface area contributed by atoms with Crippen LogP contribution in [-0.4, -0.2) is 0 Å². The van der Waals surface area contributed by atoms with Gasteiger partial charge in [-0.2, -0.15) is 0 Å². The van der Waals surface area contributed by atoms with Crippen molar-refractivity contribution < 1.29 is 0 Å². The second-order valence-corrected chi connectivity index (χ2v) is 6.00. The van der Waals surface area contributed by atoms with Crippen molar-refractivity contribution in [2.45, 2.75) is 18.7 Å². The number of hydrogen-bond acceptors (Lipinski definition) is 0. The zero-order valence-corrected chi connectivity index (χ0v) is 13.1. The number of rotatable bonds is 3. The van der Waals surface area contributed by atoms with Gasteiger partial charge in [0.1, 0.15) is 0 Å². The Morgan fingerprint density at radius 2 is 1.83 bits per heavy atom. The summed E-state index contributed by atoms with van der Waals surface area (Å²) in [5, 5.41) is 0.585. The highest BCUT2D eigenvalue weighted by molar-refractivity contribution is 9.10. The zero-order valence-electron chi connectivity index (χ0n) is 9.96. The molecule has 1 atom stereocenters. The van der Waals surface area contributed by atoms with Crippen LogP contribution in [0.1, 0.15) is 22.1 Å². The topological polar surface area (TPSA) is 0 Å². The van der Waals surface area contributed by atoms with Gasteiger partial charge in [0, 0.05) is 4.47 Å². The van der Waals surface area contributed by atoms with Gasteiger partial charge in [-0.1, -0.05) is 48.0 Å². The van der Waals surface area contributed by atoms with Crippen LogP contribution in [0.25, 0.3) is 0 Å². The standard InChI is InChI=1S/C15H13BrCl2/c1-10-5-2-3-6-11(10)9-14(17)12-7-4-8-13(16)15(12)18/h2-8,14H,9H2,1H3. The Bertz CT molecular complexity index is 552. The van der Waals surface area contributed by atoms with Gasteiger partial charge in [0.15, 0.2) is 0 Å². The van der Waals surface area contributed by atoms with Crippen LogP contribution in [0, 0.1) is 6.92 Å². The van der Waals surface area contributed by atoms with Gasteiger partial charge >= 0.3 is 0 Å². The molecule has 0 aliphatic heterocycles. The molecule has 0 aliphatic carbocycles. The Labute approximate surface area is 126 Å². The lowest BCUT2D eigenvalue weighted by Crippen LogP contribution is -1.99. The molecule has 0 saturated heterocycles. The minimum absolute atomic E-state index is 0.115. The Kier molecular flexibility index (Phi) is 4.71. The normalized spacial score (nSPS) is 12.4. The molecule has 94 valence electrons. The van der Waals surface area contributed by atoms with Crippen molar-refractivity contribution in [3.63, 3.8) is 0 Å². The second kappa shape index (κ2) is 6.10. The van der Waals surface area contributed by atoms with E-state index in [9.17, 15) is 0 Å². The van der Waals surface area contributed by atoms with Gasteiger partial charge in [0.2, 0.25) is 0 Å². The molecule has 18 heavy (non-hydrogen) atoms. The summed E-state index contributed by atoms with van der Waals surface area (Å²) in [6.45, 7) is 2.10. The molecule has 0 fully saturated rings. The van der Waals surface area contributed by atoms with E-state index in [-0.39, 0.29) is 5.38 Å². The van der Waals surface area contributed by atoms with Gasteiger partial charge in [0.25, 0.3) is 0 Å². The molecule has 0 aromatic heterocycles. The summed E-state index contributed by atoms with van der Waals surface area (Å²) in [6, 6.07) is 14.1. The van der Waals surface area contributed by atoms with Crippen molar-refractivity contribution in [1.29, 1.82) is 0 Å². The van der Waals surface area contributed by atoms with Crippen LogP contribution in [-0.2, 0) is 6.42 Å². The number of halogens is 3. The predicted molar refractivity (Wildman–Crippen MR) is 82.6 cm³/mol. The monoisotopic (exact) mass is 342 g/mol. The first-order valence-corrected chi connectivity index (χ1v) is 7.33. The molecule has 2 aromatic carbocycles. The van der Waals surface area contributed by atoms with E-state index in [1.807, 2.05) is 30.3 Å². The fourth-order valence-electron chi connectivity index (χ4n) is 1.90. The van der Waals surface area contributed by atoms with Crippen molar-refractivity contribution in [3.8, 4) is 0 Å². The molecule has 3 heteroatoms. The predicted octanol–water partition coefficient (Wildman–Crippen LogP) is 5.93. The van der Waals surface area contributed by atoms with E-state index in [0.717, 1.165) is 16.5 Å². The molecule has 1 unspecified atom stereocenters. The third-order valence-electron chi connectivity index (χ3n) is 2.98. The van der Waals surface area contributed by atoms with Crippen LogP contribution in [0.5, 0.6) is 0 Å². The number of alkyl halides is 1. The third-order valence-corrected chi connectivity index (χ3v) is 4.68. The highest BCUT2D eigenvalue weighted by atomic mass is 79.9. The molecule has 0 aliphatic rings. The van der Waals surface area contributed by atoms with Crippen molar-refractivity contribution in [2.24, 2.45) is 0 Å². The minimum atomic E-state index is -0.115. The molecule has 0 amide bonds. The average molecular weight is 344 g/mol. The van der Waals surface area contributed by atoms with E-state index in [0.29, 0.717) is 5.02 Å². The van der Waals surface area contributed by atoms with Crippen molar-refractivity contribution >= 4 is 39.1 Å². The number of hydrogen-bond donors (Lipinski definition) is 0. The van der Waals surface area contributed by atoms with Crippen molar-refractivity contribution in [1.82, 2.24) is 0 Å². The molecular weight excluding hydrogens is 331 g/mol. The lowest BCUT2D eigenvalue weighted by atomic mass is 10.0. The maximum atomic E-state index is 6.48. The zero-order chi connectivity index (χ0) is 13.1. The van der Waals surface area contributed by atoms with Crippen LogP contribution in [0.3, 0.4) is 0 Å². The lowest BCUT2D eigenvalue weighted by Gasteiger charge is -2.14. The fraction of sp³-hybridized carbons (Fsp3) is 0.200. The van der Waals surface area contributed by atoms with Crippen molar-refractivity contribution in [3.05, 3.63) is 68.7 Å². The van der Waals surface area contributed by atoms with E-state index >= 15 is 0 Å². The molecule has 0 spiro atoms. The first-order chi connectivity index (χ1) is 8.59. The molecule has 2 aromatic rings. The van der Waals surface area contributed by atoms with E-state index in [1.54, 1.807) is 0 Å². The summed E-state index contributed by atoms with van der Waals surface area (Å²) >= 11 is 16.2. The highest BCUT2D eigenvalue weighted by Crippen LogP contribution is 2.35. The summed E-state index contributed by atoms with van der Waals surface area (Å²) in [5.74, 6) is 0. The van der Waals surface area contributed by atoms with Crippen LogP contribution >= 0.6 is 39.1 Å². The van der Waals surface area contributed by atoms with Crippen LogP contribution < -0.4 is 0 Å². The van der Waals surface area contributed by atoms with Gasteiger partial charge in [0.05, 0.1) is 10.4 Å². The molecule has 0 saturated carbocycles. The van der Waals surface area contributed by atoms with Crippen molar-refractivity contribution in [2.75, 3.05) is 0 Å². The smallest absolute Gasteiger partial charge is 0.0640 e. The molecule has 2 rings (SSSR count). The molecule has 0 bridgehead atoms. The van der Waals surface area contributed by atoms with Crippen LogP contribution in [0.15, 0.2) is 46.9 Å². The fourth-order valence-corrected chi connectivity index (χ4v) is 2.95. The first kappa shape index (κ1) is 13.9. The third kappa shape index (κ3) is 3.09. The Hall–Kier alpha value is -0.500. The van der Waals surface area contributed by atoms with E-state index in [4.69, 9.17) is 23.2 Å². The van der Waals surface area contributed by atoms with E-state index in [1.165, 1.54) is 11.1 Å². The number of benzene rings is 2. The summed E-state index contributed by atoms with van der Waals surface area (Å²) in [5.41, 5.74) is 3.48. The molecule has 0 heterocycles. The molecule has 0 radical (unpaired) electrons. The highest BCUT2D eigenvalue weighted by Gasteiger charge is 2.14. The van der Waals surface area contributed by atoms with E-state index < -0.39 is 0 Å². The quantitative estimate of drug-likeness (QED) is 0.605. The Balaban J connectivity index is 2.25. The summed E-state index contributed by atoms with van der Waals surface area (Å²) < 4.78 is 0.886. The van der Waals surface area contributed by atoms with Gasteiger partial charge in [-0.15, -0.1) is 11.6 Å². The Morgan fingerprint density at radius 1 is 1.11 bits per heavy atom. The molecule has 0 nitrogen and oxygen atoms in total. The van der Waals surface area contributed by atoms with Gasteiger partial charge in [-0.05, 0) is 52.0 Å². The van der Waals surface area contributed by atoms with Gasteiger partial charge in [-0.25, -0.2) is 0 Å². The lowest BCUT2D eigenvalue weighted by molar-refractivity contribution is 0.910. The second-order valence-electron chi connectivity index (χ2n) is 4.24. The maximum Gasteiger partial charge on any atom is 0.0640 e. The average Bonchev–Trinajstić information content (AvgIpc) is 2.35. The summed E-state index contributed by atoms with van der Waals surface area (Å²) in [4.78, 5) is 0. The summed E-state index contributed by atoms with van der Waals surface area (Å²) in [7, 11) is 0. The van der Waals surface area contributed by atoms with Crippen LogP contribution in [0.4, 0.5) is 0 Å². The van der Waals surface area contributed by atoms with E-state index in [2.05, 4.69) is 35.0 Å². The number of aryl methyl sites for hydroxylation is 1. The minimum Gasteiger partial charge on any atom is -0.117 e. The van der Waals surface area contributed by atoms with Gasteiger partial charge < -0.3 is 0 Å². The largest absolute Gasteiger partial charge is 0.117 e. The maximum absolute atomic E-state index is 6.48. The van der Waals surface area contributed by atoms with Crippen LogP contribution in [0.2, 0.25) is 5.02 Å². The molecular formula is C15H13BrCl2. The first-order valence-electron chi connectivity index (χ1n) is 5.72. The SMILES string of the molecule is Cc1ccccc1CC(Cl)c1cccc(Br)c1Cl. The molecule has 0 N–H and O–H groups in total. The van der Waals surface area contributed by atoms with Gasteiger partial charge in [-0.3, -0.25) is 0 Å². The summed E-state index contributed by atoms with van der Waals surface area (Å²) in [6.07, 6.45) is 0.782.